The number of hydrogen-bond donors (Lipinski definition) is 2. The molecule has 1 aromatic heterocycles. The molecule has 132 valence electrons. The minimum atomic E-state index is -0.799. The summed E-state index contributed by atoms with van der Waals surface area (Å²) in [6.45, 7) is 2.07. The van der Waals surface area contributed by atoms with Crippen LogP contribution >= 0.6 is 0 Å². The molecule has 2 aliphatic rings. The van der Waals surface area contributed by atoms with Gasteiger partial charge in [0, 0.05) is 24.2 Å². The first-order chi connectivity index (χ1) is 12.1. The highest BCUT2D eigenvalue weighted by molar-refractivity contribution is 5.62. The minimum Gasteiger partial charge on any atom is -0.387 e. The van der Waals surface area contributed by atoms with Gasteiger partial charge >= 0.3 is 0 Å². The van der Waals surface area contributed by atoms with Crippen LogP contribution in [0.25, 0.3) is 11.1 Å². The van der Waals surface area contributed by atoms with E-state index in [4.69, 9.17) is 0 Å². The summed E-state index contributed by atoms with van der Waals surface area (Å²) in [6.07, 6.45) is 6.99. The summed E-state index contributed by atoms with van der Waals surface area (Å²) in [5.74, 6) is 0. The van der Waals surface area contributed by atoms with Gasteiger partial charge in [0.25, 0.3) is 5.56 Å². The first-order valence-corrected chi connectivity index (χ1v) is 9.31. The van der Waals surface area contributed by atoms with Gasteiger partial charge in [-0.25, -0.2) is 0 Å². The molecule has 1 aromatic carbocycles. The highest BCUT2D eigenvalue weighted by atomic mass is 16.3. The molecule has 4 rings (SSSR count). The first-order valence-electron chi connectivity index (χ1n) is 9.31. The Labute approximate surface area is 148 Å². The Bertz CT molecular complexity index is 793. The summed E-state index contributed by atoms with van der Waals surface area (Å²) in [5.41, 5.74) is 1.05. The molecule has 2 aromatic rings. The average Bonchev–Trinajstić information content (AvgIpc) is 3.11. The largest absolute Gasteiger partial charge is 0.387 e. The van der Waals surface area contributed by atoms with Gasteiger partial charge in [0.2, 0.25) is 0 Å². The van der Waals surface area contributed by atoms with Crippen molar-refractivity contribution in [1.82, 2.24) is 9.88 Å². The Morgan fingerprint density at radius 2 is 1.80 bits per heavy atom. The second-order valence-corrected chi connectivity index (χ2v) is 7.69. The van der Waals surface area contributed by atoms with Gasteiger partial charge in [0.1, 0.15) is 0 Å². The van der Waals surface area contributed by atoms with Crippen LogP contribution in [0.1, 0.15) is 32.1 Å². The summed E-state index contributed by atoms with van der Waals surface area (Å²) < 4.78 is 1.69. The fourth-order valence-corrected chi connectivity index (χ4v) is 4.72. The van der Waals surface area contributed by atoms with Crippen molar-refractivity contribution in [3.8, 4) is 11.1 Å². The van der Waals surface area contributed by atoms with E-state index in [9.17, 15) is 9.90 Å². The lowest BCUT2D eigenvalue weighted by atomic mass is 9.66. The molecule has 2 fully saturated rings. The van der Waals surface area contributed by atoms with Crippen LogP contribution in [-0.4, -0.2) is 28.4 Å². The summed E-state index contributed by atoms with van der Waals surface area (Å²) in [7, 11) is 0. The van der Waals surface area contributed by atoms with Crippen molar-refractivity contribution in [1.29, 1.82) is 0 Å². The van der Waals surface area contributed by atoms with Gasteiger partial charge in [0.15, 0.2) is 0 Å². The molecule has 1 spiro atoms. The van der Waals surface area contributed by atoms with Gasteiger partial charge in [-0.3, -0.25) is 4.79 Å². The van der Waals surface area contributed by atoms with Crippen molar-refractivity contribution in [2.24, 2.45) is 5.41 Å². The molecule has 4 nitrogen and oxygen atoms in total. The molecule has 25 heavy (non-hydrogen) atoms. The number of pyridine rings is 1. The van der Waals surface area contributed by atoms with Crippen molar-refractivity contribution in [2.75, 3.05) is 13.1 Å². The molecule has 1 saturated heterocycles. The van der Waals surface area contributed by atoms with E-state index in [1.54, 1.807) is 10.6 Å². The van der Waals surface area contributed by atoms with E-state index in [2.05, 4.69) is 5.32 Å². The van der Waals surface area contributed by atoms with Crippen molar-refractivity contribution in [3.05, 3.63) is 59.0 Å². The van der Waals surface area contributed by atoms with E-state index in [1.165, 1.54) is 12.8 Å². The summed E-state index contributed by atoms with van der Waals surface area (Å²) >= 11 is 0. The van der Waals surface area contributed by atoms with Crippen LogP contribution in [0.2, 0.25) is 0 Å². The Kier molecular flexibility index (Phi) is 4.26. The fraction of sp³-hybridized carbons (Fsp3) is 0.476. The lowest BCUT2D eigenvalue weighted by Crippen LogP contribution is -2.60. The Hall–Kier alpha value is -1.91. The van der Waals surface area contributed by atoms with Gasteiger partial charge in [-0.1, -0.05) is 43.2 Å². The van der Waals surface area contributed by atoms with Crippen LogP contribution in [-0.2, 0) is 6.54 Å². The second-order valence-electron chi connectivity index (χ2n) is 7.69. The lowest BCUT2D eigenvalue weighted by molar-refractivity contribution is -0.115. The van der Waals surface area contributed by atoms with Gasteiger partial charge in [-0.15, -0.1) is 0 Å². The van der Waals surface area contributed by atoms with Gasteiger partial charge < -0.3 is 15.0 Å². The standard InChI is InChI=1S/C21H26N2O2/c24-19-14-18(17-6-2-1-3-7-17)8-13-23(19)16-21(25)11-12-22-15-20(21)9-4-5-10-20/h1-3,6-8,13-14,22,25H,4-5,9-12,15-16H2. The summed E-state index contributed by atoms with van der Waals surface area (Å²) in [4.78, 5) is 12.7. The normalized spacial score (nSPS) is 25.3. The zero-order valence-corrected chi connectivity index (χ0v) is 14.6. The molecule has 0 radical (unpaired) electrons. The smallest absolute Gasteiger partial charge is 0.251 e. The van der Waals surface area contributed by atoms with Crippen LogP contribution in [0, 0.1) is 5.41 Å². The van der Waals surface area contributed by atoms with Gasteiger partial charge in [-0.05, 0) is 43.0 Å². The van der Waals surface area contributed by atoms with Crippen LogP contribution in [0.4, 0.5) is 0 Å². The maximum absolute atomic E-state index is 12.7. The number of aliphatic hydroxyl groups is 1. The molecule has 0 bridgehead atoms. The highest BCUT2D eigenvalue weighted by Crippen LogP contribution is 2.49. The summed E-state index contributed by atoms with van der Waals surface area (Å²) in [6, 6.07) is 13.6. The third kappa shape index (κ3) is 2.94. The predicted molar refractivity (Wildman–Crippen MR) is 99.5 cm³/mol. The molecule has 4 heteroatoms. The maximum Gasteiger partial charge on any atom is 0.251 e. The number of rotatable bonds is 3. The lowest BCUT2D eigenvalue weighted by Gasteiger charge is -2.49. The SMILES string of the molecule is O=c1cc(-c2ccccc2)ccn1CC1(O)CCNCC12CCCC2. The topological polar surface area (TPSA) is 54.3 Å². The van der Waals surface area contributed by atoms with Crippen molar-refractivity contribution in [2.45, 2.75) is 44.2 Å². The Balaban J connectivity index is 1.63. The Morgan fingerprint density at radius 3 is 2.52 bits per heavy atom. The molecule has 1 aliphatic carbocycles. The van der Waals surface area contributed by atoms with E-state index in [1.807, 2.05) is 42.6 Å². The molecule has 2 N–H and O–H groups in total. The third-order valence-electron chi connectivity index (χ3n) is 6.26. The van der Waals surface area contributed by atoms with E-state index in [0.29, 0.717) is 13.0 Å². The Morgan fingerprint density at radius 1 is 1.04 bits per heavy atom. The number of aromatic nitrogens is 1. The second kappa shape index (κ2) is 6.43. The number of nitrogens with one attached hydrogen (secondary N) is 1. The molecular weight excluding hydrogens is 312 g/mol. The number of nitrogens with zero attached hydrogens (tertiary/aromatic N) is 1. The number of benzene rings is 1. The fourth-order valence-electron chi connectivity index (χ4n) is 4.72. The molecule has 1 saturated carbocycles. The van der Waals surface area contributed by atoms with E-state index in [0.717, 1.165) is 37.1 Å². The van der Waals surface area contributed by atoms with Gasteiger partial charge in [0.05, 0.1) is 12.1 Å². The molecular formula is C21H26N2O2. The van der Waals surface area contributed by atoms with E-state index >= 15 is 0 Å². The van der Waals surface area contributed by atoms with Crippen LogP contribution in [0.3, 0.4) is 0 Å². The zero-order valence-electron chi connectivity index (χ0n) is 14.6. The van der Waals surface area contributed by atoms with E-state index < -0.39 is 5.60 Å². The maximum atomic E-state index is 12.7. The van der Waals surface area contributed by atoms with Crippen molar-refractivity contribution in [3.63, 3.8) is 0 Å². The van der Waals surface area contributed by atoms with E-state index in [-0.39, 0.29) is 11.0 Å². The number of piperidine rings is 1. The van der Waals surface area contributed by atoms with Crippen molar-refractivity contribution < 1.29 is 5.11 Å². The predicted octanol–water partition coefficient (Wildman–Crippen LogP) is 2.80. The average molecular weight is 338 g/mol. The molecule has 0 amide bonds. The minimum absolute atomic E-state index is 0.0403. The van der Waals surface area contributed by atoms with Crippen LogP contribution in [0.15, 0.2) is 53.5 Å². The third-order valence-corrected chi connectivity index (χ3v) is 6.26. The monoisotopic (exact) mass is 338 g/mol. The van der Waals surface area contributed by atoms with Crippen LogP contribution < -0.4 is 10.9 Å². The van der Waals surface area contributed by atoms with Crippen LogP contribution in [0.5, 0.6) is 0 Å². The quantitative estimate of drug-likeness (QED) is 0.905. The van der Waals surface area contributed by atoms with Crippen molar-refractivity contribution >= 4 is 0 Å². The van der Waals surface area contributed by atoms with Gasteiger partial charge in [-0.2, -0.15) is 0 Å². The molecule has 1 atom stereocenters. The first kappa shape index (κ1) is 16.6. The molecule has 2 heterocycles. The molecule has 1 aliphatic heterocycles. The highest BCUT2D eigenvalue weighted by Gasteiger charge is 2.53. The number of hydrogen-bond acceptors (Lipinski definition) is 3. The summed E-state index contributed by atoms with van der Waals surface area (Å²) in [5, 5.41) is 14.9. The molecule has 1 unspecified atom stereocenters. The zero-order chi connectivity index (χ0) is 17.3.